The van der Waals surface area contributed by atoms with E-state index < -0.39 is 17.6 Å². The second-order valence-electron chi connectivity index (χ2n) is 7.97. The Morgan fingerprint density at radius 1 is 1.22 bits per heavy atom. The van der Waals surface area contributed by atoms with Gasteiger partial charge in [-0.05, 0) is 46.1 Å². The van der Waals surface area contributed by atoms with Crippen LogP contribution in [0.3, 0.4) is 0 Å². The summed E-state index contributed by atoms with van der Waals surface area (Å²) in [7, 11) is 1.57. The molecule has 0 N–H and O–H groups in total. The topological polar surface area (TPSA) is 65.1 Å². The van der Waals surface area contributed by atoms with Gasteiger partial charge in [-0.3, -0.25) is 4.79 Å². The smallest absolute Gasteiger partial charge is 0.410 e. The highest BCUT2D eigenvalue weighted by molar-refractivity contribution is 5.73. The van der Waals surface area contributed by atoms with E-state index in [-0.39, 0.29) is 24.7 Å². The summed E-state index contributed by atoms with van der Waals surface area (Å²) < 4.78 is 16.6. The third kappa shape index (κ3) is 5.96. The molecule has 6 heteroatoms. The highest BCUT2D eigenvalue weighted by Crippen LogP contribution is 2.28. The Kier molecular flexibility index (Phi) is 7.25. The predicted molar refractivity (Wildman–Crippen MR) is 102 cm³/mol. The summed E-state index contributed by atoms with van der Waals surface area (Å²) in [5, 5.41) is 0. The maximum atomic E-state index is 12.5. The number of amides is 1. The lowest BCUT2D eigenvalue weighted by Crippen LogP contribution is -2.49. The summed E-state index contributed by atoms with van der Waals surface area (Å²) in [5.41, 5.74) is 0.371. The Labute approximate surface area is 161 Å². The van der Waals surface area contributed by atoms with Crippen LogP contribution in [-0.4, -0.2) is 48.4 Å². The number of carbonyl (C=O) groups excluding carboxylic acids is 2. The average Bonchev–Trinajstić information content (AvgIpc) is 3.09. The molecular weight excluding hydrogens is 346 g/mol. The van der Waals surface area contributed by atoms with Gasteiger partial charge in [-0.2, -0.15) is 0 Å². The number of esters is 1. The van der Waals surface area contributed by atoms with Crippen LogP contribution in [0.1, 0.15) is 46.1 Å². The first-order valence-electron chi connectivity index (χ1n) is 9.46. The van der Waals surface area contributed by atoms with Crippen molar-refractivity contribution in [1.82, 2.24) is 4.90 Å². The van der Waals surface area contributed by atoms with E-state index in [1.54, 1.807) is 18.9 Å². The molecule has 3 atom stereocenters. The highest BCUT2D eigenvalue weighted by Gasteiger charge is 2.41. The van der Waals surface area contributed by atoms with Crippen LogP contribution in [0, 0.1) is 5.92 Å². The SMILES string of the molecule is CO[C@H]([C@@H](C)C(=O)OCc1ccccc1)[C@@H]1CCCN1C(=O)OC(C)(C)C. The molecule has 0 unspecified atom stereocenters. The molecule has 0 radical (unpaired) electrons. The molecule has 1 saturated heterocycles. The third-order valence-corrected chi connectivity index (χ3v) is 4.67. The van der Waals surface area contributed by atoms with Crippen LogP contribution in [-0.2, 0) is 25.6 Å². The first-order chi connectivity index (χ1) is 12.7. The standard InChI is InChI=1S/C21H31NO5/c1-15(19(23)26-14-16-10-7-6-8-11-16)18(25-5)17-12-9-13-22(17)20(24)27-21(2,3)4/h6-8,10-11,15,17-18H,9,12-14H2,1-5H3/t15-,17+,18-/m1/s1. The second-order valence-corrected chi connectivity index (χ2v) is 7.97. The minimum absolute atomic E-state index is 0.205. The van der Waals surface area contributed by atoms with E-state index in [4.69, 9.17) is 14.2 Å². The van der Waals surface area contributed by atoms with E-state index in [9.17, 15) is 9.59 Å². The molecule has 1 aromatic carbocycles. The zero-order valence-electron chi connectivity index (χ0n) is 16.9. The first kappa shape index (κ1) is 21.2. The van der Waals surface area contributed by atoms with Gasteiger partial charge in [0, 0.05) is 13.7 Å². The van der Waals surface area contributed by atoms with Gasteiger partial charge >= 0.3 is 12.1 Å². The van der Waals surface area contributed by atoms with Gasteiger partial charge in [0.1, 0.15) is 12.2 Å². The summed E-state index contributed by atoms with van der Waals surface area (Å²) in [6.45, 7) is 8.13. The van der Waals surface area contributed by atoms with E-state index in [0.29, 0.717) is 6.54 Å². The largest absolute Gasteiger partial charge is 0.461 e. The molecule has 0 spiro atoms. The minimum atomic E-state index is -0.562. The second kappa shape index (κ2) is 9.22. The number of ether oxygens (including phenoxy) is 3. The number of hydrogen-bond acceptors (Lipinski definition) is 5. The van der Waals surface area contributed by atoms with Crippen molar-refractivity contribution in [1.29, 1.82) is 0 Å². The van der Waals surface area contributed by atoms with Crippen LogP contribution < -0.4 is 0 Å². The molecule has 1 heterocycles. The molecule has 0 saturated carbocycles. The number of hydrogen-bond donors (Lipinski definition) is 0. The summed E-state index contributed by atoms with van der Waals surface area (Å²) in [4.78, 5) is 26.7. The van der Waals surface area contributed by atoms with Crippen molar-refractivity contribution in [2.75, 3.05) is 13.7 Å². The van der Waals surface area contributed by atoms with Crippen molar-refractivity contribution in [2.24, 2.45) is 5.92 Å². The Morgan fingerprint density at radius 3 is 2.48 bits per heavy atom. The van der Waals surface area contributed by atoms with Crippen LogP contribution in [0.2, 0.25) is 0 Å². The zero-order valence-corrected chi connectivity index (χ0v) is 16.9. The Bertz CT molecular complexity index is 625. The van der Waals surface area contributed by atoms with Crippen LogP contribution in [0.4, 0.5) is 4.79 Å². The van der Waals surface area contributed by atoms with Gasteiger partial charge in [-0.1, -0.05) is 30.3 Å². The molecule has 0 bridgehead atoms. The molecule has 0 aromatic heterocycles. The number of benzene rings is 1. The van der Waals surface area contributed by atoms with Gasteiger partial charge in [-0.25, -0.2) is 4.79 Å². The lowest BCUT2D eigenvalue weighted by molar-refractivity contribution is -0.155. The van der Waals surface area contributed by atoms with Gasteiger partial charge in [0.15, 0.2) is 0 Å². The zero-order chi connectivity index (χ0) is 20.0. The molecule has 150 valence electrons. The van der Waals surface area contributed by atoms with E-state index in [0.717, 1.165) is 18.4 Å². The van der Waals surface area contributed by atoms with E-state index >= 15 is 0 Å². The molecule has 1 aliphatic heterocycles. The van der Waals surface area contributed by atoms with Crippen molar-refractivity contribution in [3.63, 3.8) is 0 Å². The predicted octanol–water partition coefficient (Wildman–Crippen LogP) is 3.78. The molecule has 27 heavy (non-hydrogen) atoms. The number of nitrogens with zero attached hydrogens (tertiary/aromatic N) is 1. The van der Waals surface area contributed by atoms with Crippen LogP contribution in [0.25, 0.3) is 0 Å². The highest BCUT2D eigenvalue weighted by atomic mass is 16.6. The van der Waals surface area contributed by atoms with Crippen molar-refractivity contribution in [2.45, 2.75) is 64.9 Å². The number of methoxy groups -OCH3 is 1. The van der Waals surface area contributed by atoms with E-state index in [1.807, 2.05) is 51.1 Å². The Morgan fingerprint density at radius 2 is 1.89 bits per heavy atom. The van der Waals surface area contributed by atoms with Crippen molar-refractivity contribution in [3.05, 3.63) is 35.9 Å². The maximum Gasteiger partial charge on any atom is 0.410 e. The quantitative estimate of drug-likeness (QED) is 0.706. The molecule has 2 rings (SSSR count). The fourth-order valence-electron chi connectivity index (χ4n) is 3.37. The van der Waals surface area contributed by atoms with Gasteiger partial charge in [0.2, 0.25) is 0 Å². The summed E-state index contributed by atoms with van der Waals surface area (Å²) in [6.07, 6.45) is 0.823. The number of carbonyl (C=O) groups is 2. The van der Waals surface area contributed by atoms with Crippen LogP contribution >= 0.6 is 0 Å². The molecule has 6 nitrogen and oxygen atoms in total. The molecule has 1 aliphatic rings. The summed E-state index contributed by atoms with van der Waals surface area (Å²) in [5.74, 6) is -0.825. The van der Waals surface area contributed by atoms with Crippen molar-refractivity contribution >= 4 is 12.1 Å². The van der Waals surface area contributed by atoms with E-state index in [2.05, 4.69) is 0 Å². The lowest BCUT2D eigenvalue weighted by Gasteiger charge is -2.34. The normalized spacial score (nSPS) is 19.4. The first-order valence-corrected chi connectivity index (χ1v) is 9.46. The maximum absolute atomic E-state index is 12.5. The van der Waals surface area contributed by atoms with E-state index in [1.165, 1.54) is 0 Å². The average molecular weight is 377 g/mol. The fourth-order valence-corrected chi connectivity index (χ4v) is 3.37. The van der Waals surface area contributed by atoms with Gasteiger partial charge < -0.3 is 19.1 Å². The molecule has 1 aromatic rings. The monoisotopic (exact) mass is 377 g/mol. The van der Waals surface area contributed by atoms with Crippen LogP contribution in [0.15, 0.2) is 30.3 Å². The molecule has 1 fully saturated rings. The third-order valence-electron chi connectivity index (χ3n) is 4.67. The fraction of sp³-hybridized carbons (Fsp3) is 0.619. The number of likely N-dealkylation sites (tertiary alicyclic amines) is 1. The van der Waals surface area contributed by atoms with Crippen molar-refractivity contribution < 1.29 is 23.8 Å². The molecule has 1 amide bonds. The lowest BCUT2D eigenvalue weighted by atomic mass is 9.96. The molecule has 0 aliphatic carbocycles. The Hall–Kier alpha value is -2.08. The molecular formula is C21H31NO5. The Balaban J connectivity index is 2.00. The van der Waals surface area contributed by atoms with Gasteiger partial charge in [0.05, 0.1) is 18.1 Å². The van der Waals surface area contributed by atoms with Crippen molar-refractivity contribution in [3.8, 4) is 0 Å². The van der Waals surface area contributed by atoms with Crippen LogP contribution in [0.5, 0.6) is 0 Å². The van der Waals surface area contributed by atoms with Gasteiger partial charge in [-0.15, -0.1) is 0 Å². The summed E-state index contributed by atoms with van der Waals surface area (Å²) in [6, 6.07) is 9.34. The van der Waals surface area contributed by atoms with Gasteiger partial charge in [0.25, 0.3) is 0 Å². The number of rotatable bonds is 6. The minimum Gasteiger partial charge on any atom is -0.461 e. The summed E-state index contributed by atoms with van der Waals surface area (Å²) >= 11 is 0.